The number of amides is 1. The number of carbonyl (C=O) groups excluding carboxylic acids is 1. The summed E-state index contributed by atoms with van der Waals surface area (Å²) in [6.07, 6.45) is 0.328. The number of furan rings is 1. The van der Waals surface area contributed by atoms with E-state index >= 15 is 0 Å². The number of hydrogen-bond acceptors (Lipinski definition) is 4. The van der Waals surface area contributed by atoms with Crippen molar-refractivity contribution in [1.82, 2.24) is 5.32 Å². The van der Waals surface area contributed by atoms with Gasteiger partial charge in [-0.2, -0.15) is 0 Å². The number of rotatable bonds is 5. The Labute approximate surface area is 152 Å². The van der Waals surface area contributed by atoms with Crippen LogP contribution < -0.4 is 10.1 Å². The zero-order valence-corrected chi connectivity index (χ0v) is 15.3. The quantitative estimate of drug-likeness (QED) is 0.880. The summed E-state index contributed by atoms with van der Waals surface area (Å²) in [6.45, 7) is 6.68. The number of hydrogen-bond donors (Lipinski definition) is 1. The molecule has 26 heavy (non-hydrogen) atoms. The molecule has 0 bridgehead atoms. The van der Waals surface area contributed by atoms with Crippen molar-refractivity contribution in [2.24, 2.45) is 0 Å². The maximum Gasteiger partial charge on any atom is 0.255 e. The van der Waals surface area contributed by atoms with Crippen LogP contribution in [0.15, 0.2) is 34.7 Å². The SMILES string of the molecule is Cc1oc(C(C)C)cc1C(=O)N[C@@H]1COCC[C@@H]1Oc1cccc(F)c1. The van der Waals surface area contributed by atoms with Gasteiger partial charge in [-0.3, -0.25) is 4.79 Å². The first-order valence-electron chi connectivity index (χ1n) is 8.85. The van der Waals surface area contributed by atoms with Crippen LogP contribution in [-0.2, 0) is 4.74 Å². The molecule has 0 saturated carbocycles. The van der Waals surface area contributed by atoms with E-state index in [0.717, 1.165) is 5.76 Å². The highest BCUT2D eigenvalue weighted by molar-refractivity contribution is 5.95. The molecule has 2 aromatic rings. The molecule has 1 aromatic heterocycles. The molecule has 0 unspecified atom stereocenters. The first kappa shape index (κ1) is 18.5. The number of benzene rings is 1. The molecule has 1 fully saturated rings. The summed E-state index contributed by atoms with van der Waals surface area (Å²) in [5.41, 5.74) is 0.517. The molecule has 0 radical (unpaired) electrons. The molecule has 6 heteroatoms. The number of carbonyl (C=O) groups is 1. The predicted molar refractivity (Wildman–Crippen MR) is 95.0 cm³/mol. The predicted octanol–water partition coefficient (Wildman–Crippen LogP) is 3.82. The van der Waals surface area contributed by atoms with Gasteiger partial charge in [0, 0.05) is 18.4 Å². The third-order valence-electron chi connectivity index (χ3n) is 4.44. The highest BCUT2D eigenvalue weighted by Gasteiger charge is 2.30. The van der Waals surface area contributed by atoms with Gasteiger partial charge < -0.3 is 19.2 Å². The summed E-state index contributed by atoms with van der Waals surface area (Å²) in [4.78, 5) is 12.7. The first-order valence-corrected chi connectivity index (χ1v) is 8.85. The molecule has 140 valence electrons. The van der Waals surface area contributed by atoms with Crippen molar-refractivity contribution in [3.8, 4) is 5.75 Å². The molecule has 1 aromatic carbocycles. The lowest BCUT2D eigenvalue weighted by molar-refractivity contribution is -0.00299. The van der Waals surface area contributed by atoms with Gasteiger partial charge in [0.05, 0.1) is 24.8 Å². The van der Waals surface area contributed by atoms with Crippen LogP contribution in [0.3, 0.4) is 0 Å². The molecule has 2 heterocycles. The second-order valence-electron chi connectivity index (χ2n) is 6.83. The molecule has 1 aliphatic rings. The van der Waals surface area contributed by atoms with E-state index < -0.39 is 0 Å². The molecular formula is C20H24FNO4. The number of aryl methyl sites for hydroxylation is 1. The van der Waals surface area contributed by atoms with E-state index in [0.29, 0.717) is 36.7 Å². The number of ether oxygens (including phenoxy) is 2. The van der Waals surface area contributed by atoms with Crippen molar-refractivity contribution in [1.29, 1.82) is 0 Å². The average molecular weight is 361 g/mol. The Hall–Kier alpha value is -2.34. The summed E-state index contributed by atoms with van der Waals surface area (Å²) in [5.74, 6) is 1.44. The largest absolute Gasteiger partial charge is 0.488 e. The Morgan fingerprint density at radius 3 is 2.85 bits per heavy atom. The monoisotopic (exact) mass is 361 g/mol. The van der Waals surface area contributed by atoms with Crippen molar-refractivity contribution in [3.63, 3.8) is 0 Å². The summed E-state index contributed by atoms with van der Waals surface area (Å²) >= 11 is 0. The third-order valence-corrected chi connectivity index (χ3v) is 4.44. The molecule has 1 amide bonds. The van der Waals surface area contributed by atoms with Gasteiger partial charge in [0.2, 0.25) is 0 Å². The average Bonchev–Trinajstić information content (AvgIpc) is 2.99. The van der Waals surface area contributed by atoms with Crippen LogP contribution in [0.2, 0.25) is 0 Å². The van der Waals surface area contributed by atoms with Crippen LogP contribution in [-0.4, -0.2) is 31.3 Å². The van der Waals surface area contributed by atoms with Crippen LogP contribution in [0.25, 0.3) is 0 Å². The maximum atomic E-state index is 13.4. The van der Waals surface area contributed by atoms with Crippen LogP contribution in [0.4, 0.5) is 4.39 Å². The van der Waals surface area contributed by atoms with Crippen LogP contribution in [0.1, 0.15) is 48.1 Å². The Kier molecular flexibility index (Phi) is 5.61. The van der Waals surface area contributed by atoms with Gasteiger partial charge in [0.25, 0.3) is 5.91 Å². The van der Waals surface area contributed by atoms with Gasteiger partial charge >= 0.3 is 0 Å². The maximum absolute atomic E-state index is 13.4. The van der Waals surface area contributed by atoms with Crippen molar-refractivity contribution in [2.75, 3.05) is 13.2 Å². The minimum absolute atomic E-state index is 0.206. The lowest BCUT2D eigenvalue weighted by atomic mass is 10.1. The van der Waals surface area contributed by atoms with E-state index in [4.69, 9.17) is 13.9 Å². The molecule has 1 aliphatic heterocycles. The lowest BCUT2D eigenvalue weighted by Gasteiger charge is -2.32. The van der Waals surface area contributed by atoms with Gasteiger partial charge in [0.1, 0.15) is 29.2 Å². The van der Waals surface area contributed by atoms with Crippen molar-refractivity contribution < 1.29 is 23.1 Å². The fraction of sp³-hybridized carbons (Fsp3) is 0.450. The molecule has 1 N–H and O–H groups in total. The minimum atomic E-state index is -0.356. The van der Waals surface area contributed by atoms with Gasteiger partial charge in [-0.25, -0.2) is 4.39 Å². The summed E-state index contributed by atoms with van der Waals surface area (Å²) in [7, 11) is 0. The van der Waals surface area contributed by atoms with Crippen LogP contribution in [0.5, 0.6) is 5.75 Å². The van der Waals surface area contributed by atoms with Crippen LogP contribution in [0, 0.1) is 12.7 Å². The molecule has 5 nitrogen and oxygen atoms in total. The van der Waals surface area contributed by atoms with E-state index in [2.05, 4.69) is 5.32 Å². The Balaban J connectivity index is 1.71. The van der Waals surface area contributed by atoms with Gasteiger partial charge in [-0.1, -0.05) is 19.9 Å². The Morgan fingerprint density at radius 2 is 2.15 bits per heavy atom. The summed E-state index contributed by atoms with van der Waals surface area (Å²) < 4.78 is 30.4. The highest BCUT2D eigenvalue weighted by Crippen LogP contribution is 2.23. The molecule has 2 atom stereocenters. The fourth-order valence-corrected chi connectivity index (χ4v) is 2.97. The van der Waals surface area contributed by atoms with E-state index in [1.165, 1.54) is 12.1 Å². The number of halogens is 1. The second-order valence-corrected chi connectivity index (χ2v) is 6.83. The second kappa shape index (κ2) is 7.91. The van der Waals surface area contributed by atoms with E-state index in [-0.39, 0.29) is 29.8 Å². The minimum Gasteiger partial charge on any atom is -0.488 e. The first-order chi connectivity index (χ1) is 12.4. The normalized spacial score (nSPS) is 20.2. The molecule has 0 aliphatic carbocycles. The highest BCUT2D eigenvalue weighted by atomic mass is 19.1. The Morgan fingerprint density at radius 1 is 1.35 bits per heavy atom. The van der Waals surface area contributed by atoms with Crippen LogP contribution >= 0.6 is 0 Å². The number of nitrogens with one attached hydrogen (secondary N) is 1. The van der Waals surface area contributed by atoms with Gasteiger partial charge in [0.15, 0.2) is 0 Å². The van der Waals surface area contributed by atoms with Gasteiger partial charge in [-0.05, 0) is 25.1 Å². The summed E-state index contributed by atoms with van der Waals surface area (Å²) in [5, 5.41) is 2.97. The molecule has 0 spiro atoms. The van der Waals surface area contributed by atoms with Crippen molar-refractivity contribution >= 4 is 5.91 Å². The topological polar surface area (TPSA) is 60.7 Å². The van der Waals surface area contributed by atoms with Crippen molar-refractivity contribution in [2.45, 2.75) is 45.3 Å². The third kappa shape index (κ3) is 4.25. The standard InChI is InChI=1S/C20H24FNO4/c1-12(2)19-10-16(13(3)25-19)20(23)22-17-11-24-8-7-18(17)26-15-6-4-5-14(21)9-15/h4-6,9-10,12,17-18H,7-8,11H2,1-3H3,(H,22,23)/t17-,18+/m1/s1. The van der Waals surface area contributed by atoms with E-state index in [1.807, 2.05) is 13.8 Å². The fourth-order valence-electron chi connectivity index (χ4n) is 2.97. The molecule has 3 rings (SSSR count). The lowest BCUT2D eigenvalue weighted by Crippen LogP contribution is -2.51. The van der Waals surface area contributed by atoms with E-state index in [9.17, 15) is 9.18 Å². The van der Waals surface area contributed by atoms with Gasteiger partial charge in [-0.15, -0.1) is 0 Å². The molecule has 1 saturated heterocycles. The zero-order chi connectivity index (χ0) is 18.7. The smallest absolute Gasteiger partial charge is 0.255 e. The summed E-state index contributed by atoms with van der Waals surface area (Å²) in [6, 6.07) is 7.46. The molecular weight excluding hydrogens is 337 g/mol. The zero-order valence-electron chi connectivity index (χ0n) is 15.3. The van der Waals surface area contributed by atoms with Crippen molar-refractivity contribution in [3.05, 3.63) is 53.2 Å². The van der Waals surface area contributed by atoms with E-state index in [1.54, 1.807) is 25.1 Å². The Bertz CT molecular complexity index is 771.